The second-order valence-electron chi connectivity index (χ2n) is 3.39. The highest BCUT2D eigenvalue weighted by molar-refractivity contribution is 5.89. The van der Waals surface area contributed by atoms with E-state index in [0.717, 1.165) is 5.69 Å². The van der Waals surface area contributed by atoms with Gasteiger partial charge in [-0.1, -0.05) is 0 Å². The lowest BCUT2D eigenvalue weighted by molar-refractivity contribution is 0.0601. The van der Waals surface area contributed by atoms with Crippen molar-refractivity contribution in [1.29, 1.82) is 0 Å². The van der Waals surface area contributed by atoms with Crippen LogP contribution in [0.2, 0.25) is 0 Å². The van der Waals surface area contributed by atoms with Crippen LogP contribution in [0.15, 0.2) is 42.7 Å². The van der Waals surface area contributed by atoms with E-state index in [0.29, 0.717) is 11.3 Å². The maximum atomic E-state index is 11.2. The van der Waals surface area contributed by atoms with Gasteiger partial charge in [0.1, 0.15) is 0 Å². The minimum atomic E-state index is -0.335. The molecule has 1 aromatic carbocycles. The molecule has 4 heteroatoms. The number of benzene rings is 1. The van der Waals surface area contributed by atoms with E-state index in [4.69, 9.17) is 5.73 Å². The van der Waals surface area contributed by atoms with Gasteiger partial charge < -0.3 is 15.0 Å². The minimum Gasteiger partial charge on any atom is -0.465 e. The van der Waals surface area contributed by atoms with Crippen molar-refractivity contribution in [1.82, 2.24) is 4.57 Å². The molecule has 0 fully saturated rings. The van der Waals surface area contributed by atoms with Crippen molar-refractivity contribution in [3.8, 4) is 5.69 Å². The SMILES string of the molecule is COC(=O)c1ccc(-n2ccc(N)c2)cc1. The van der Waals surface area contributed by atoms with Crippen LogP contribution in [-0.2, 0) is 4.74 Å². The number of nitrogens with zero attached hydrogens (tertiary/aromatic N) is 1. The summed E-state index contributed by atoms with van der Waals surface area (Å²) in [7, 11) is 1.36. The topological polar surface area (TPSA) is 57.2 Å². The number of carbonyl (C=O) groups is 1. The molecule has 0 amide bonds. The lowest BCUT2D eigenvalue weighted by Gasteiger charge is -2.03. The summed E-state index contributed by atoms with van der Waals surface area (Å²) in [6, 6.07) is 8.93. The second kappa shape index (κ2) is 4.10. The third-order valence-electron chi connectivity index (χ3n) is 2.30. The van der Waals surface area contributed by atoms with Gasteiger partial charge in [0, 0.05) is 23.8 Å². The van der Waals surface area contributed by atoms with E-state index >= 15 is 0 Å². The summed E-state index contributed by atoms with van der Waals surface area (Å²) in [6.07, 6.45) is 3.68. The van der Waals surface area contributed by atoms with Gasteiger partial charge in [-0.3, -0.25) is 0 Å². The number of nitrogens with two attached hydrogens (primary N) is 1. The third-order valence-corrected chi connectivity index (χ3v) is 2.30. The fourth-order valence-corrected chi connectivity index (χ4v) is 1.46. The average Bonchev–Trinajstić information content (AvgIpc) is 2.75. The second-order valence-corrected chi connectivity index (χ2v) is 3.39. The molecule has 1 heterocycles. The Balaban J connectivity index is 2.29. The van der Waals surface area contributed by atoms with Crippen LogP contribution < -0.4 is 5.73 Å². The Bertz CT molecular complexity index is 500. The largest absolute Gasteiger partial charge is 0.465 e. The first-order valence-electron chi connectivity index (χ1n) is 4.83. The molecule has 0 aliphatic rings. The van der Waals surface area contributed by atoms with Crippen molar-refractivity contribution in [3.05, 3.63) is 48.3 Å². The molecule has 4 nitrogen and oxygen atoms in total. The molecule has 2 rings (SSSR count). The molecule has 16 heavy (non-hydrogen) atoms. The van der Waals surface area contributed by atoms with Gasteiger partial charge in [-0.2, -0.15) is 0 Å². The lowest BCUT2D eigenvalue weighted by Crippen LogP contribution is -2.01. The zero-order valence-electron chi connectivity index (χ0n) is 8.88. The number of nitrogen functional groups attached to an aromatic ring is 1. The highest BCUT2D eigenvalue weighted by atomic mass is 16.5. The van der Waals surface area contributed by atoms with Crippen LogP contribution in [-0.4, -0.2) is 17.6 Å². The number of aromatic nitrogens is 1. The molecule has 1 aromatic heterocycles. The average molecular weight is 216 g/mol. The van der Waals surface area contributed by atoms with Gasteiger partial charge in [0.05, 0.1) is 12.7 Å². The number of rotatable bonds is 2. The van der Waals surface area contributed by atoms with Crippen molar-refractivity contribution in [2.24, 2.45) is 0 Å². The van der Waals surface area contributed by atoms with Gasteiger partial charge in [0.25, 0.3) is 0 Å². The standard InChI is InChI=1S/C12H12N2O2/c1-16-12(15)9-2-4-11(5-3-9)14-7-6-10(13)8-14/h2-8H,13H2,1H3. The monoisotopic (exact) mass is 216 g/mol. The van der Waals surface area contributed by atoms with Crippen LogP contribution in [0.4, 0.5) is 5.69 Å². The zero-order chi connectivity index (χ0) is 11.5. The molecule has 0 aliphatic carbocycles. The van der Waals surface area contributed by atoms with E-state index in [-0.39, 0.29) is 5.97 Å². The zero-order valence-corrected chi connectivity index (χ0v) is 8.88. The van der Waals surface area contributed by atoms with E-state index in [9.17, 15) is 4.79 Å². The Morgan fingerprint density at radius 2 is 1.94 bits per heavy atom. The van der Waals surface area contributed by atoms with Crippen LogP contribution in [0, 0.1) is 0 Å². The van der Waals surface area contributed by atoms with Gasteiger partial charge in [0.2, 0.25) is 0 Å². The molecule has 0 saturated heterocycles. The first-order chi connectivity index (χ1) is 7.70. The summed E-state index contributed by atoms with van der Waals surface area (Å²) < 4.78 is 6.51. The summed E-state index contributed by atoms with van der Waals surface area (Å²) in [5.74, 6) is -0.335. The predicted octanol–water partition coefficient (Wildman–Crippen LogP) is 1.85. The molecule has 0 spiro atoms. The Kier molecular flexibility index (Phi) is 2.64. The van der Waals surface area contributed by atoms with Crippen molar-refractivity contribution < 1.29 is 9.53 Å². The van der Waals surface area contributed by atoms with Crippen LogP contribution in [0.25, 0.3) is 5.69 Å². The van der Waals surface area contributed by atoms with Crippen LogP contribution in [0.1, 0.15) is 10.4 Å². The number of ether oxygens (including phenoxy) is 1. The first-order valence-corrected chi connectivity index (χ1v) is 4.83. The fourth-order valence-electron chi connectivity index (χ4n) is 1.46. The van der Waals surface area contributed by atoms with Crippen molar-refractivity contribution >= 4 is 11.7 Å². The molecular formula is C12H12N2O2. The van der Waals surface area contributed by atoms with Crippen molar-refractivity contribution in [2.45, 2.75) is 0 Å². The quantitative estimate of drug-likeness (QED) is 0.779. The molecule has 2 aromatic rings. The van der Waals surface area contributed by atoms with E-state index in [1.807, 2.05) is 35.2 Å². The molecule has 0 atom stereocenters. The van der Waals surface area contributed by atoms with Gasteiger partial charge in [0.15, 0.2) is 0 Å². The molecule has 0 aliphatic heterocycles. The summed E-state index contributed by atoms with van der Waals surface area (Å²) in [5.41, 5.74) is 7.81. The maximum Gasteiger partial charge on any atom is 0.337 e. The van der Waals surface area contributed by atoms with Crippen LogP contribution in [0.5, 0.6) is 0 Å². The van der Waals surface area contributed by atoms with Gasteiger partial charge in [-0.25, -0.2) is 4.79 Å². The highest BCUT2D eigenvalue weighted by Gasteiger charge is 2.04. The van der Waals surface area contributed by atoms with E-state index < -0.39 is 0 Å². The van der Waals surface area contributed by atoms with E-state index in [2.05, 4.69) is 4.74 Å². The summed E-state index contributed by atoms with van der Waals surface area (Å²) in [5, 5.41) is 0. The Hall–Kier alpha value is -2.23. The van der Waals surface area contributed by atoms with Gasteiger partial charge >= 0.3 is 5.97 Å². The highest BCUT2D eigenvalue weighted by Crippen LogP contribution is 2.13. The molecule has 2 N–H and O–H groups in total. The fraction of sp³-hybridized carbons (Fsp3) is 0.0833. The minimum absolute atomic E-state index is 0.335. The Labute approximate surface area is 93.3 Å². The Morgan fingerprint density at radius 1 is 1.25 bits per heavy atom. The maximum absolute atomic E-state index is 11.2. The predicted molar refractivity (Wildman–Crippen MR) is 61.5 cm³/mol. The number of esters is 1. The molecule has 82 valence electrons. The van der Waals surface area contributed by atoms with Crippen molar-refractivity contribution in [2.75, 3.05) is 12.8 Å². The van der Waals surface area contributed by atoms with Crippen LogP contribution >= 0.6 is 0 Å². The normalized spacial score (nSPS) is 10.1. The molecular weight excluding hydrogens is 204 g/mol. The molecule has 0 saturated carbocycles. The van der Waals surface area contributed by atoms with E-state index in [1.54, 1.807) is 12.1 Å². The van der Waals surface area contributed by atoms with Crippen molar-refractivity contribution in [3.63, 3.8) is 0 Å². The number of carbonyl (C=O) groups excluding carboxylic acids is 1. The number of anilines is 1. The molecule has 0 radical (unpaired) electrons. The molecule has 0 bridgehead atoms. The van der Waals surface area contributed by atoms with E-state index in [1.165, 1.54) is 7.11 Å². The van der Waals surface area contributed by atoms with Crippen LogP contribution in [0.3, 0.4) is 0 Å². The summed E-state index contributed by atoms with van der Waals surface area (Å²) in [4.78, 5) is 11.2. The number of hydrogen-bond donors (Lipinski definition) is 1. The molecule has 0 unspecified atom stereocenters. The summed E-state index contributed by atoms with van der Waals surface area (Å²) >= 11 is 0. The third kappa shape index (κ3) is 1.91. The lowest BCUT2D eigenvalue weighted by atomic mass is 10.2. The number of hydrogen-bond acceptors (Lipinski definition) is 3. The Morgan fingerprint density at radius 3 is 2.44 bits per heavy atom. The summed E-state index contributed by atoms with van der Waals surface area (Å²) in [6.45, 7) is 0. The van der Waals surface area contributed by atoms with Gasteiger partial charge in [-0.05, 0) is 30.3 Å². The first kappa shape index (κ1) is 10.3. The van der Waals surface area contributed by atoms with Gasteiger partial charge in [-0.15, -0.1) is 0 Å². The number of methoxy groups -OCH3 is 1. The smallest absolute Gasteiger partial charge is 0.337 e.